The third kappa shape index (κ3) is 57.4. The lowest BCUT2D eigenvalue weighted by atomic mass is 9.87. The third-order valence-electron chi connectivity index (χ3n) is 13.1. The summed E-state index contributed by atoms with van der Waals surface area (Å²) in [5.74, 6) is 3.52. The van der Waals surface area contributed by atoms with E-state index in [1.807, 2.05) is 0 Å². The molecule has 0 rings (SSSR count). The molecular formula is C59H126N4. The van der Waals surface area contributed by atoms with Gasteiger partial charge in [-0.15, -0.1) is 26.3 Å². The number of rotatable bonds is 47. The molecule has 0 amide bonds. The standard InChI is InChI=1S/C30H65N3.C25H53N.2C2H4/c1-5-9-12-15-17-20-23-26-30(25-22-19-14-11-7-3)28-33(32-29-31-8-4)27-24-21-18-16-13-10-6-2;1-7-10-12-13-14-15-16-20-26(19-11-8-2)22-24(6)21-25(9-3)18-17-23(4)5;2*1-2/h30-32H,5-29H2,1-4H3;23-25H,7-22H2,1-6H3;2*1-2H2. The van der Waals surface area contributed by atoms with Crippen LogP contribution in [0.15, 0.2) is 26.3 Å². The Balaban J connectivity index is -0.000000524. The van der Waals surface area contributed by atoms with Gasteiger partial charge in [-0.1, -0.05) is 249 Å². The molecule has 0 aliphatic rings. The lowest BCUT2D eigenvalue weighted by molar-refractivity contribution is 0.139. The van der Waals surface area contributed by atoms with Gasteiger partial charge < -0.3 is 10.2 Å². The molecule has 0 aromatic heterocycles. The van der Waals surface area contributed by atoms with Gasteiger partial charge in [-0.2, -0.15) is 0 Å². The Hall–Kier alpha value is -0.680. The van der Waals surface area contributed by atoms with Crippen LogP contribution >= 0.6 is 0 Å². The van der Waals surface area contributed by atoms with E-state index in [1.54, 1.807) is 0 Å². The molecule has 0 aliphatic heterocycles. The summed E-state index contributed by atoms with van der Waals surface area (Å²) in [6.07, 6.45) is 48.0. The summed E-state index contributed by atoms with van der Waals surface area (Å²) in [5.41, 5.74) is 3.72. The fourth-order valence-corrected chi connectivity index (χ4v) is 8.96. The quantitative estimate of drug-likeness (QED) is 0.0276. The Morgan fingerprint density at radius 2 is 0.794 bits per heavy atom. The molecule has 0 radical (unpaired) electrons. The van der Waals surface area contributed by atoms with Gasteiger partial charge >= 0.3 is 0 Å². The molecule has 3 atom stereocenters. The lowest BCUT2D eigenvalue weighted by Gasteiger charge is -2.29. The van der Waals surface area contributed by atoms with Crippen LogP contribution in [0.1, 0.15) is 288 Å². The first-order chi connectivity index (χ1) is 30.8. The van der Waals surface area contributed by atoms with Crippen molar-refractivity contribution in [2.45, 2.75) is 288 Å². The van der Waals surface area contributed by atoms with Crippen LogP contribution in [0.3, 0.4) is 0 Å². The van der Waals surface area contributed by atoms with Crippen LogP contribution in [0, 0.1) is 23.7 Å². The molecule has 0 aliphatic carbocycles. The lowest BCUT2D eigenvalue weighted by Crippen LogP contribution is -2.46. The summed E-state index contributed by atoms with van der Waals surface area (Å²) >= 11 is 0. The molecule has 2 N–H and O–H groups in total. The van der Waals surface area contributed by atoms with Crippen LogP contribution in [0.2, 0.25) is 0 Å². The van der Waals surface area contributed by atoms with E-state index in [0.29, 0.717) is 0 Å². The first-order valence-corrected chi connectivity index (χ1v) is 28.7. The van der Waals surface area contributed by atoms with Crippen molar-refractivity contribution in [1.29, 1.82) is 0 Å². The fraction of sp³-hybridized carbons (Fsp3) is 0.932. The number of hydrogen-bond acceptors (Lipinski definition) is 4. The molecule has 3 unspecified atom stereocenters. The first-order valence-electron chi connectivity index (χ1n) is 28.7. The van der Waals surface area contributed by atoms with Crippen molar-refractivity contribution in [3.8, 4) is 0 Å². The van der Waals surface area contributed by atoms with Gasteiger partial charge in [0.1, 0.15) is 0 Å². The van der Waals surface area contributed by atoms with Crippen molar-refractivity contribution in [1.82, 2.24) is 20.7 Å². The zero-order chi connectivity index (χ0) is 47.9. The van der Waals surface area contributed by atoms with Crippen molar-refractivity contribution >= 4 is 0 Å². The van der Waals surface area contributed by atoms with Crippen LogP contribution < -0.4 is 10.7 Å². The van der Waals surface area contributed by atoms with Gasteiger partial charge in [-0.05, 0) is 81.8 Å². The molecule has 0 saturated carbocycles. The SMILES string of the molecule is C=C.C=C.CCCCCCCCCC(CCCCCCC)CN(CCCCCCCCC)NCNCC.CCCCCCCCCN(CCCC)CC(C)CC(CC)CCC(C)C. The number of unbranched alkanes of at least 4 members (excludes halogenated alkanes) is 23. The number of hydrazine groups is 1. The largest absolute Gasteiger partial charge is 0.304 e. The van der Waals surface area contributed by atoms with E-state index in [9.17, 15) is 0 Å². The van der Waals surface area contributed by atoms with Crippen molar-refractivity contribution in [3.63, 3.8) is 0 Å². The third-order valence-corrected chi connectivity index (χ3v) is 13.1. The first kappa shape index (κ1) is 68.9. The maximum Gasteiger partial charge on any atom is 0.0592 e. The van der Waals surface area contributed by atoms with Crippen molar-refractivity contribution in [2.24, 2.45) is 23.7 Å². The molecule has 0 aromatic rings. The van der Waals surface area contributed by atoms with Gasteiger partial charge in [0.15, 0.2) is 0 Å². The minimum absolute atomic E-state index is 0.855. The normalized spacial score (nSPS) is 12.7. The van der Waals surface area contributed by atoms with E-state index in [2.05, 4.69) is 116 Å². The average molecular weight is 892 g/mol. The molecule has 0 heterocycles. The maximum absolute atomic E-state index is 3.72. The minimum Gasteiger partial charge on any atom is -0.304 e. The molecule has 0 saturated heterocycles. The summed E-state index contributed by atoms with van der Waals surface area (Å²) in [7, 11) is 0. The smallest absolute Gasteiger partial charge is 0.0592 e. The fourth-order valence-electron chi connectivity index (χ4n) is 8.96. The predicted molar refractivity (Wildman–Crippen MR) is 294 cm³/mol. The second kappa shape index (κ2) is 61.3. The van der Waals surface area contributed by atoms with E-state index in [1.165, 1.54) is 251 Å². The number of nitrogens with one attached hydrogen (secondary N) is 2. The van der Waals surface area contributed by atoms with E-state index in [0.717, 1.165) is 36.9 Å². The highest BCUT2D eigenvalue weighted by atomic mass is 15.5. The summed E-state index contributed by atoms with van der Waals surface area (Å²) in [5, 5.41) is 6.04. The molecule has 0 aromatic carbocycles. The van der Waals surface area contributed by atoms with Gasteiger partial charge in [-0.25, -0.2) is 10.4 Å². The van der Waals surface area contributed by atoms with E-state index in [-0.39, 0.29) is 0 Å². The molecule has 63 heavy (non-hydrogen) atoms. The van der Waals surface area contributed by atoms with Crippen molar-refractivity contribution in [3.05, 3.63) is 26.3 Å². The van der Waals surface area contributed by atoms with Crippen molar-refractivity contribution < 1.29 is 0 Å². The maximum atomic E-state index is 3.72. The van der Waals surface area contributed by atoms with Crippen LogP contribution in [-0.2, 0) is 0 Å². The topological polar surface area (TPSA) is 30.5 Å². The number of nitrogens with zero attached hydrogens (tertiary/aromatic N) is 2. The van der Waals surface area contributed by atoms with E-state index in [4.69, 9.17) is 0 Å². The summed E-state index contributed by atoms with van der Waals surface area (Å²) in [4.78, 5) is 2.79. The summed E-state index contributed by atoms with van der Waals surface area (Å²) in [6, 6.07) is 0. The summed E-state index contributed by atoms with van der Waals surface area (Å²) < 4.78 is 0. The highest BCUT2D eigenvalue weighted by Crippen LogP contribution is 2.24. The number of hydrogen-bond donors (Lipinski definition) is 2. The van der Waals surface area contributed by atoms with E-state index < -0.39 is 0 Å². The van der Waals surface area contributed by atoms with Gasteiger partial charge in [0.2, 0.25) is 0 Å². The second-order valence-electron chi connectivity index (χ2n) is 19.8. The zero-order valence-corrected chi connectivity index (χ0v) is 46.0. The summed E-state index contributed by atoms with van der Waals surface area (Å²) in [6.45, 7) is 43.8. The van der Waals surface area contributed by atoms with Crippen molar-refractivity contribution in [2.75, 3.05) is 45.9 Å². The second-order valence-corrected chi connectivity index (χ2v) is 19.8. The predicted octanol–water partition coefficient (Wildman–Crippen LogP) is 19.2. The zero-order valence-electron chi connectivity index (χ0n) is 46.0. The van der Waals surface area contributed by atoms with Gasteiger partial charge in [-0.3, -0.25) is 0 Å². The highest BCUT2D eigenvalue weighted by molar-refractivity contribution is 4.70. The Kier molecular flexibility index (Phi) is 67.1. The van der Waals surface area contributed by atoms with Crippen LogP contribution in [-0.4, -0.2) is 55.8 Å². The van der Waals surface area contributed by atoms with E-state index >= 15 is 0 Å². The Morgan fingerprint density at radius 1 is 0.397 bits per heavy atom. The van der Waals surface area contributed by atoms with Gasteiger partial charge in [0.25, 0.3) is 0 Å². The Bertz CT molecular complexity index is 771. The van der Waals surface area contributed by atoms with Gasteiger partial charge in [0.05, 0.1) is 6.67 Å². The van der Waals surface area contributed by atoms with Gasteiger partial charge in [0, 0.05) is 19.6 Å². The average Bonchev–Trinajstić information content (AvgIpc) is 3.29. The monoisotopic (exact) mass is 891 g/mol. The molecule has 0 bridgehead atoms. The highest BCUT2D eigenvalue weighted by Gasteiger charge is 2.16. The Morgan fingerprint density at radius 3 is 1.21 bits per heavy atom. The molecular weight excluding hydrogens is 765 g/mol. The van der Waals surface area contributed by atoms with Crippen LogP contribution in [0.5, 0.6) is 0 Å². The Labute approximate surface area is 402 Å². The molecule has 4 heteroatoms. The van der Waals surface area contributed by atoms with Crippen LogP contribution in [0.4, 0.5) is 0 Å². The molecule has 4 nitrogen and oxygen atoms in total. The molecule has 382 valence electrons. The minimum atomic E-state index is 0.855. The molecule has 0 spiro atoms. The molecule has 0 fully saturated rings. The van der Waals surface area contributed by atoms with Crippen LogP contribution in [0.25, 0.3) is 0 Å².